The van der Waals surface area contributed by atoms with Gasteiger partial charge in [-0.25, -0.2) is 17.5 Å². The lowest BCUT2D eigenvalue weighted by atomic mass is 10.3. The highest BCUT2D eigenvalue weighted by atomic mass is 127. The number of rotatable bonds is 8. The van der Waals surface area contributed by atoms with Crippen LogP contribution in [-0.4, -0.2) is 53.4 Å². The van der Waals surface area contributed by atoms with Crippen LogP contribution in [0.5, 0.6) is 5.75 Å². The number of guanidine groups is 1. The van der Waals surface area contributed by atoms with Crippen LogP contribution in [0.2, 0.25) is 0 Å². The van der Waals surface area contributed by atoms with Gasteiger partial charge in [0, 0.05) is 20.1 Å². The molecule has 0 amide bonds. The van der Waals surface area contributed by atoms with E-state index in [9.17, 15) is 12.8 Å². The van der Waals surface area contributed by atoms with Gasteiger partial charge >= 0.3 is 0 Å². The van der Waals surface area contributed by atoms with Crippen molar-refractivity contribution >= 4 is 40.0 Å². The number of benzene rings is 1. The van der Waals surface area contributed by atoms with Crippen LogP contribution in [0.1, 0.15) is 6.92 Å². The molecule has 24 heavy (non-hydrogen) atoms. The maximum atomic E-state index is 13.5. The van der Waals surface area contributed by atoms with Gasteiger partial charge in [-0.2, -0.15) is 0 Å². The topological polar surface area (TPSA) is 91.8 Å². The van der Waals surface area contributed by atoms with Gasteiger partial charge in [-0.1, -0.05) is 12.1 Å². The van der Waals surface area contributed by atoms with Gasteiger partial charge < -0.3 is 15.4 Å². The fourth-order valence-corrected chi connectivity index (χ4v) is 2.15. The normalized spacial score (nSPS) is 12.9. The summed E-state index contributed by atoms with van der Waals surface area (Å²) in [5.74, 6) is 0.292. The quantitative estimate of drug-likeness (QED) is 0.226. The van der Waals surface area contributed by atoms with Gasteiger partial charge in [-0.05, 0) is 19.1 Å². The minimum absolute atomic E-state index is 0. The number of ether oxygens (including phenoxy) is 1. The third-order valence-corrected chi connectivity index (χ3v) is 3.46. The summed E-state index contributed by atoms with van der Waals surface area (Å²) in [7, 11) is -1.60. The number of aliphatic imine (C=N–C) groups is 1. The zero-order chi connectivity index (χ0) is 17.3. The third kappa shape index (κ3) is 9.88. The molecule has 0 bridgehead atoms. The molecule has 0 aromatic heterocycles. The van der Waals surface area contributed by atoms with Crippen LogP contribution in [0.15, 0.2) is 29.3 Å². The van der Waals surface area contributed by atoms with E-state index in [0.717, 1.165) is 6.26 Å². The summed E-state index contributed by atoms with van der Waals surface area (Å²) in [5.41, 5.74) is 0. The first-order valence-electron chi connectivity index (χ1n) is 7.12. The zero-order valence-electron chi connectivity index (χ0n) is 13.9. The largest absolute Gasteiger partial charge is 0.486 e. The van der Waals surface area contributed by atoms with Crippen molar-refractivity contribution in [3.63, 3.8) is 0 Å². The predicted octanol–water partition coefficient (Wildman–Crippen LogP) is 0.925. The second-order valence-corrected chi connectivity index (χ2v) is 6.74. The number of para-hydroxylation sites is 1. The molecule has 0 saturated heterocycles. The van der Waals surface area contributed by atoms with E-state index < -0.39 is 15.8 Å². The Kier molecular flexibility index (Phi) is 10.9. The molecule has 0 heterocycles. The molecule has 7 nitrogen and oxygen atoms in total. The molecule has 10 heteroatoms. The summed E-state index contributed by atoms with van der Waals surface area (Å²) in [4.78, 5) is 4.01. The number of nitrogens with zero attached hydrogens (tertiary/aromatic N) is 1. The van der Waals surface area contributed by atoms with Crippen molar-refractivity contribution in [1.29, 1.82) is 0 Å². The second kappa shape index (κ2) is 11.4. The molecule has 0 fully saturated rings. The van der Waals surface area contributed by atoms with Crippen LogP contribution in [0.3, 0.4) is 0 Å². The first-order chi connectivity index (χ1) is 10.8. The van der Waals surface area contributed by atoms with Crippen molar-refractivity contribution in [3.05, 3.63) is 30.1 Å². The molecule has 0 spiro atoms. The van der Waals surface area contributed by atoms with Crippen molar-refractivity contribution in [2.75, 3.05) is 32.9 Å². The summed E-state index contributed by atoms with van der Waals surface area (Å²) in [5, 5.41) is 5.98. The lowest BCUT2D eigenvalue weighted by Gasteiger charge is -2.18. The Morgan fingerprint density at radius 1 is 1.29 bits per heavy atom. The monoisotopic (exact) mass is 474 g/mol. The third-order valence-electron chi connectivity index (χ3n) is 2.73. The average molecular weight is 474 g/mol. The van der Waals surface area contributed by atoms with E-state index in [1.54, 1.807) is 32.2 Å². The van der Waals surface area contributed by atoms with E-state index in [2.05, 4.69) is 20.3 Å². The Morgan fingerprint density at radius 2 is 1.96 bits per heavy atom. The molecule has 138 valence electrons. The number of hydrogen-bond acceptors (Lipinski definition) is 4. The Balaban J connectivity index is 0.00000529. The molecular weight excluding hydrogens is 450 g/mol. The van der Waals surface area contributed by atoms with Crippen molar-refractivity contribution in [1.82, 2.24) is 15.4 Å². The molecule has 0 saturated carbocycles. The van der Waals surface area contributed by atoms with Crippen LogP contribution in [-0.2, 0) is 10.0 Å². The molecule has 1 unspecified atom stereocenters. The first kappa shape index (κ1) is 22.9. The van der Waals surface area contributed by atoms with Crippen molar-refractivity contribution in [2.24, 2.45) is 4.99 Å². The van der Waals surface area contributed by atoms with Gasteiger partial charge in [0.25, 0.3) is 0 Å². The van der Waals surface area contributed by atoms with Crippen LogP contribution in [0, 0.1) is 5.82 Å². The molecular formula is C14H24FIN4O3S. The highest BCUT2D eigenvalue weighted by molar-refractivity contribution is 14.0. The highest BCUT2D eigenvalue weighted by Gasteiger charge is 2.08. The maximum absolute atomic E-state index is 13.5. The van der Waals surface area contributed by atoms with Crippen LogP contribution in [0.25, 0.3) is 0 Å². The van der Waals surface area contributed by atoms with Gasteiger partial charge in [0.05, 0.1) is 12.8 Å². The summed E-state index contributed by atoms with van der Waals surface area (Å²) in [6.45, 7) is 2.85. The van der Waals surface area contributed by atoms with E-state index in [4.69, 9.17) is 4.74 Å². The number of sulfonamides is 1. The summed E-state index contributed by atoms with van der Waals surface area (Å²) < 4.78 is 43.2. The molecule has 1 rings (SSSR count). The van der Waals surface area contributed by atoms with Crippen molar-refractivity contribution < 1.29 is 17.5 Å². The van der Waals surface area contributed by atoms with Crippen LogP contribution in [0.4, 0.5) is 4.39 Å². The fourth-order valence-electron chi connectivity index (χ4n) is 1.68. The molecule has 1 atom stereocenters. The average Bonchev–Trinajstić information content (AvgIpc) is 2.48. The molecule has 0 aliphatic heterocycles. The minimum atomic E-state index is -3.20. The van der Waals surface area contributed by atoms with Gasteiger partial charge in [0.1, 0.15) is 6.10 Å². The van der Waals surface area contributed by atoms with E-state index >= 15 is 0 Å². The summed E-state index contributed by atoms with van der Waals surface area (Å²) >= 11 is 0. The molecule has 0 aliphatic carbocycles. The van der Waals surface area contributed by atoms with E-state index in [1.807, 2.05) is 0 Å². The van der Waals surface area contributed by atoms with Gasteiger partial charge in [-0.3, -0.25) is 4.99 Å². The summed E-state index contributed by atoms with van der Waals surface area (Å²) in [6.07, 6.45) is 0.821. The molecule has 1 aromatic rings. The summed E-state index contributed by atoms with van der Waals surface area (Å²) in [6, 6.07) is 6.20. The van der Waals surface area contributed by atoms with Gasteiger partial charge in [0.2, 0.25) is 10.0 Å². The van der Waals surface area contributed by atoms with E-state index in [0.29, 0.717) is 19.0 Å². The maximum Gasteiger partial charge on any atom is 0.208 e. The van der Waals surface area contributed by atoms with Crippen LogP contribution < -0.4 is 20.1 Å². The Hall–Kier alpha value is -1.14. The lowest BCUT2D eigenvalue weighted by molar-refractivity contribution is 0.214. The van der Waals surface area contributed by atoms with E-state index in [1.165, 1.54) is 6.07 Å². The number of halogens is 2. The molecule has 0 aliphatic rings. The second-order valence-electron chi connectivity index (χ2n) is 4.91. The lowest BCUT2D eigenvalue weighted by Crippen LogP contribution is -2.44. The highest BCUT2D eigenvalue weighted by Crippen LogP contribution is 2.16. The zero-order valence-corrected chi connectivity index (χ0v) is 17.0. The number of nitrogens with one attached hydrogen (secondary N) is 3. The Labute approximate surface area is 159 Å². The smallest absolute Gasteiger partial charge is 0.208 e. The van der Waals surface area contributed by atoms with Crippen LogP contribution >= 0.6 is 24.0 Å². The van der Waals surface area contributed by atoms with E-state index in [-0.39, 0.29) is 42.4 Å². The van der Waals surface area contributed by atoms with Gasteiger partial charge in [-0.15, -0.1) is 24.0 Å². The molecule has 1 aromatic carbocycles. The standard InChI is InChI=1S/C14H23FN4O3S.HI/c1-11(22-13-7-5-4-6-12(13)15)10-18-14(16-2)17-8-9-19-23(3,20)21;/h4-7,11,19H,8-10H2,1-3H3,(H2,16,17,18);1H. The Morgan fingerprint density at radius 3 is 2.54 bits per heavy atom. The first-order valence-corrected chi connectivity index (χ1v) is 9.01. The number of hydrogen-bond donors (Lipinski definition) is 3. The molecule has 3 N–H and O–H groups in total. The van der Waals surface area contributed by atoms with Crippen molar-refractivity contribution in [3.8, 4) is 5.75 Å². The molecule has 0 radical (unpaired) electrons. The van der Waals surface area contributed by atoms with Crippen molar-refractivity contribution in [2.45, 2.75) is 13.0 Å². The minimum Gasteiger partial charge on any atom is -0.486 e. The Bertz CT molecular complexity index is 628. The SMILES string of the molecule is CN=C(NCCNS(C)(=O)=O)NCC(C)Oc1ccccc1F.I. The van der Waals surface area contributed by atoms with Gasteiger partial charge in [0.15, 0.2) is 17.5 Å². The fraction of sp³-hybridized carbons (Fsp3) is 0.500. The predicted molar refractivity (Wildman–Crippen MR) is 104 cm³/mol.